The van der Waals surface area contributed by atoms with E-state index in [1.54, 1.807) is 0 Å². The van der Waals surface area contributed by atoms with Gasteiger partial charge in [-0.2, -0.15) is 0 Å². The largest absolute Gasteiger partial charge is 0.460 e. The lowest BCUT2D eigenvalue weighted by molar-refractivity contribution is -0.150. The van der Waals surface area contributed by atoms with Crippen LogP contribution in [0.4, 0.5) is 0 Å². The molecule has 1 rings (SSSR count). The van der Waals surface area contributed by atoms with Crippen LogP contribution >= 0.6 is 0 Å². The molecule has 0 bridgehead atoms. The van der Waals surface area contributed by atoms with Crippen LogP contribution in [0.15, 0.2) is 30.3 Å². The lowest BCUT2D eigenvalue weighted by Gasteiger charge is -2.19. The Hall–Kier alpha value is -1.39. The number of esters is 1. The summed E-state index contributed by atoms with van der Waals surface area (Å²) in [5, 5.41) is 0. The van der Waals surface area contributed by atoms with Crippen molar-refractivity contribution in [3.8, 4) is 0 Å². The third-order valence-corrected chi connectivity index (χ3v) is 2.54. The van der Waals surface area contributed by atoms with E-state index in [0.29, 0.717) is 13.0 Å². The van der Waals surface area contributed by atoms with Gasteiger partial charge >= 0.3 is 5.97 Å². The van der Waals surface area contributed by atoms with Crippen LogP contribution < -0.4 is 5.73 Å². The van der Waals surface area contributed by atoms with E-state index in [1.165, 1.54) is 0 Å². The van der Waals surface area contributed by atoms with Crippen molar-refractivity contribution < 1.29 is 9.53 Å². The minimum atomic E-state index is -0.600. The fraction of sp³-hybridized carbons (Fsp3) is 0.500. The van der Waals surface area contributed by atoms with E-state index in [0.717, 1.165) is 5.56 Å². The number of nitrogens with zero attached hydrogens (tertiary/aromatic N) is 1. The third kappa shape index (κ3) is 5.29. The molecule has 1 aromatic carbocycles. The summed E-state index contributed by atoms with van der Waals surface area (Å²) in [5.74, 6) is -0.340. The Balaban J connectivity index is 2.42. The van der Waals surface area contributed by atoms with Gasteiger partial charge in [-0.3, -0.25) is 4.79 Å². The standard InChI is InChI=1S/C14H22N2O2/c1-11(10-16(2)3)18-14(17)13(15)9-12-7-5-4-6-8-12/h4-8,11,13H,9-10,15H2,1-3H3/t11?,13-/m0/s1. The number of likely N-dealkylation sites (N-methyl/N-ethyl adjacent to an activating group) is 1. The summed E-state index contributed by atoms with van der Waals surface area (Å²) in [6.07, 6.45) is 0.364. The number of carbonyl (C=O) groups is 1. The number of benzene rings is 1. The number of hydrogen-bond acceptors (Lipinski definition) is 4. The van der Waals surface area contributed by atoms with Crippen LogP contribution in [-0.4, -0.2) is 43.7 Å². The minimum Gasteiger partial charge on any atom is -0.460 e. The van der Waals surface area contributed by atoms with Crippen LogP contribution in [0.1, 0.15) is 12.5 Å². The van der Waals surface area contributed by atoms with E-state index in [4.69, 9.17) is 10.5 Å². The number of ether oxygens (including phenoxy) is 1. The van der Waals surface area contributed by atoms with Gasteiger partial charge in [0.15, 0.2) is 0 Å². The first-order valence-electron chi connectivity index (χ1n) is 6.13. The molecule has 4 nitrogen and oxygen atoms in total. The molecule has 0 aromatic heterocycles. The number of hydrogen-bond donors (Lipinski definition) is 1. The van der Waals surface area contributed by atoms with E-state index in [1.807, 2.05) is 56.3 Å². The molecule has 0 saturated carbocycles. The van der Waals surface area contributed by atoms with Crippen LogP contribution in [0.5, 0.6) is 0 Å². The van der Waals surface area contributed by atoms with E-state index in [-0.39, 0.29) is 12.1 Å². The molecule has 0 aliphatic carbocycles. The van der Waals surface area contributed by atoms with Crippen molar-refractivity contribution in [2.45, 2.75) is 25.5 Å². The van der Waals surface area contributed by atoms with Crippen LogP contribution in [0.25, 0.3) is 0 Å². The molecular weight excluding hydrogens is 228 g/mol. The fourth-order valence-corrected chi connectivity index (χ4v) is 1.79. The van der Waals surface area contributed by atoms with Gasteiger partial charge in [-0.05, 0) is 33.0 Å². The first kappa shape index (κ1) is 14.7. The number of nitrogens with two attached hydrogens (primary N) is 1. The zero-order valence-electron chi connectivity index (χ0n) is 11.3. The second-order valence-electron chi connectivity index (χ2n) is 4.81. The van der Waals surface area contributed by atoms with Crippen molar-refractivity contribution in [2.75, 3.05) is 20.6 Å². The summed E-state index contributed by atoms with van der Waals surface area (Å²) >= 11 is 0. The van der Waals surface area contributed by atoms with Gasteiger partial charge in [0.1, 0.15) is 12.1 Å². The molecule has 0 fully saturated rings. The molecule has 0 aliphatic rings. The van der Waals surface area contributed by atoms with E-state index >= 15 is 0 Å². The summed E-state index contributed by atoms with van der Waals surface area (Å²) in [5.41, 5.74) is 6.88. The quantitative estimate of drug-likeness (QED) is 0.767. The van der Waals surface area contributed by atoms with Crippen LogP contribution in [-0.2, 0) is 16.0 Å². The molecule has 1 unspecified atom stereocenters. The van der Waals surface area contributed by atoms with Gasteiger partial charge in [-0.25, -0.2) is 0 Å². The lowest BCUT2D eigenvalue weighted by Crippen LogP contribution is -2.38. The molecule has 18 heavy (non-hydrogen) atoms. The molecule has 0 spiro atoms. The predicted molar refractivity (Wildman–Crippen MR) is 72.2 cm³/mol. The Morgan fingerprint density at radius 1 is 1.33 bits per heavy atom. The Labute approximate surface area is 109 Å². The highest BCUT2D eigenvalue weighted by atomic mass is 16.5. The van der Waals surface area contributed by atoms with Crippen molar-refractivity contribution in [3.05, 3.63) is 35.9 Å². The molecule has 1 aromatic rings. The molecule has 0 heterocycles. The van der Waals surface area contributed by atoms with Gasteiger partial charge in [0.25, 0.3) is 0 Å². The highest BCUT2D eigenvalue weighted by Crippen LogP contribution is 2.04. The topological polar surface area (TPSA) is 55.6 Å². The zero-order valence-corrected chi connectivity index (χ0v) is 11.3. The Bertz CT molecular complexity index is 365. The molecule has 100 valence electrons. The maximum atomic E-state index is 11.8. The predicted octanol–water partition coefficient (Wildman–Crippen LogP) is 1.05. The average Bonchev–Trinajstić information content (AvgIpc) is 2.28. The summed E-state index contributed by atoms with van der Waals surface area (Å²) in [4.78, 5) is 13.7. The van der Waals surface area contributed by atoms with Gasteiger partial charge in [0.05, 0.1) is 0 Å². The Kier molecular flexibility index (Phi) is 5.82. The van der Waals surface area contributed by atoms with E-state index in [9.17, 15) is 4.79 Å². The maximum Gasteiger partial charge on any atom is 0.323 e. The van der Waals surface area contributed by atoms with Gasteiger partial charge < -0.3 is 15.4 Å². The maximum absolute atomic E-state index is 11.8. The Morgan fingerprint density at radius 2 is 1.94 bits per heavy atom. The first-order valence-corrected chi connectivity index (χ1v) is 6.13. The van der Waals surface area contributed by atoms with Crippen molar-refractivity contribution in [3.63, 3.8) is 0 Å². The SMILES string of the molecule is CC(CN(C)C)OC(=O)[C@@H](N)Cc1ccccc1. The molecule has 0 amide bonds. The second-order valence-corrected chi connectivity index (χ2v) is 4.81. The summed E-state index contributed by atoms with van der Waals surface area (Å²) in [7, 11) is 3.88. The van der Waals surface area contributed by atoms with Crippen molar-refractivity contribution in [1.29, 1.82) is 0 Å². The zero-order chi connectivity index (χ0) is 13.5. The monoisotopic (exact) mass is 250 g/mol. The third-order valence-electron chi connectivity index (χ3n) is 2.54. The van der Waals surface area contributed by atoms with E-state index in [2.05, 4.69) is 0 Å². The van der Waals surface area contributed by atoms with Crippen LogP contribution in [0.3, 0.4) is 0 Å². The second kappa shape index (κ2) is 7.13. The van der Waals surface area contributed by atoms with Gasteiger partial charge in [-0.15, -0.1) is 0 Å². The average molecular weight is 250 g/mol. The molecule has 4 heteroatoms. The van der Waals surface area contributed by atoms with Gasteiger partial charge in [0, 0.05) is 6.54 Å². The van der Waals surface area contributed by atoms with Crippen LogP contribution in [0, 0.1) is 0 Å². The van der Waals surface area contributed by atoms with Crippen molar-refractivity contribution >= 4 is 5.97 Å². The minimum absolute atomic E-state index is 0.144. The lowest BCUT2D eigenvalue weighted by atomic mass is 10.1. The van der Waals surface area contributed by atoms with Gasteiger partial charge in [-0.1, -0.05) is 30.3 Å². The Morgan fingerprint density at radius 3 is 2.50 bits per heavy atom. The molecule has 2 atom stereocenters. The molecule has 0 radical (unpaired) electrons. The van der Waals surface area contributed by atoms with Crippen LogP contribution in [0.2, 0.25) is 0 Å². The molecular formula is C14H22N2O2. The van der Waals surface area contributed by atoms with E-state index < -0.39 is 6.04 Å². The van der Waals surface area contributed by atoms with Crippen molar-refractivity contribution in [1.82, 2.24) is 4.90 Å². The number of carbonyl (C=O) groups excluding carboxylic acids is 1. The first-order chi connectivity index (χ1) is 8.49. The summed E-state index contributed by atoms with van der Waals surface area (Å²) in [6, 6.07) is 9.11. The highest BCUT2D eigenvalue weighted by molar-refractivity contribution is 5.76. The fourth-order valence-electron chi connectivity index (χ4n) is 1.79. The smallest absolute Gasteiger partial charge is 0.323 e. The number of rotatable bonds is 6. The molecule has 0 saturated heterocycles. The van der Waals surface area contributed by atoms with Crippen molar-refractivity contribution in [2.24, 2.45) is 5.73 Å². The molecule has 0 aliphatic heterocycles. The van der Waals surface area contributed by atoms with Gasteiger partial charge in [0.2, 0.25) is 0 Å². The molecule has 2 N–H and O–H groups in total. The normalized spacial score (nSPS) is 14.3. The highest BCUT2D eigenvalue weighted by Gasteiger charge is 2.18. The summed E-state index contributed by atoms with van der Waals surface area (Å²) in [6.45, 7) is 2.57. The summed E-state index contributed by atoms with van der Waals surface area (Å²) < 4.78 is 5.29.